The van der Waals surface area contributed by atoms with Crippen molar-refractivity contribution >= 4 is 11.9 Å². The number of amides is 1. The summed E-state index contributed by atoms with van der Waals surface area (Å²) in [6.07, 6.45) is 0.101. The van der Waals surface area contributed by atoms with Crippen LogP contribution in [0.3, 0.4) is 0 Å². The second-order valence-corrected chi connectivity index (χ2v) is 7.74. The molecule has 4 heterocycles. The van der Waals surface area contributed by atoms with Gasteiger partial charge in [-0.25, -0.2) is 4.79 Å². The first-order valence-corrected chi connectivity index (χ1v) is 9.86. The molecule has 1 spiro atoms. The van der Waals surface area contributed by atoms with Crippen molar-refractivity contribution in [1.82, 2.24) is 9.88 Å². The maximum atomic E-state index is 12.6. The van der Waals surface area contributed by atoms with E-state index in [0.29, 0.717) is 31.0 Å². The molecule has 1 unspecified atom stereocenters. The Hall–Kier alpha value is -3.08. The molecule has 1 atom stereocenters. The molecule has 0 aliphatic carbocycles. The standard InChI is InChI=1S/C19H22N2O4.C2HF3O2/c1-13-8-17(14(2)24-13)18(22)21-11-19(12-21)9-15(5-7-23-19)25-16-4-3-6-20-10-16;3-2(4,5)1(6)7/h3-4,6,8,10,15H,5,7,9,11-12H2,1-2H3;(H,6,7). The fourth-order valence-electron chi connectivity index (χ4n) is 3.72. The summed E-state index contributed by atoms with van der Waals surface area (Å²) in [5.41, 5.74) is 0.360. The van der Waals surface area contributed by atoms with Crippen LogP contribution in [0.15, 0.2) is 35.0 Å². The van der Waals surface area contributed by atoms with Crippen LogP contribution >= 0.6 is 0 Å². The molecule has 2 aliphatic rings. The van der Waals surface area contributed by atoms with E-state index in [2.05, 4.69) is 4.98 Å². The Morgan fingerprint density at radius 3 is 2.53 bits per heavy atom. The van der Waals surface area contributed by atoms with Gasteiger partial charge in [0.25, 0.3) is 5.91 Å². The Labute approximate surface area is 181 Å². The number of likely N-dealkylation sites (tertiary alicyclic amines) is 1. The van der Waals surface area contributed by atoms with Gasteiger partial charge < -0.3 is 23.9 Å². The molecule has 11 heteroatoms. The van der Waals surface area contributed by atoms with Crippen LogP contribution in [0.4, 0.5) is 13.2 Å². The summed E-state index contributed by atoms with van der Waals surface area (Å²) in [5.74, 6) is -0.534. The maximum Gasteiger partial charge on any atom is 0.490 e. The lowest BCUT2D eigenvalue weighted by Crippen LogP contribution is -2.67. The lowest BCUT2D eigenvalue weighted by atomic mass is 9.84. The highest BCUT2D eigenvalue weighted by Crippen LogP contribution is 2.36. The number of ether oxygens (including phenoxy) is 2. The van der Waals surface area contributed by atoms with E-state index in [9.17, 15) is 18.0 Å². The van der Waals surface area contributed by atoms with Crippen molar-refractivity contribution in [2.45, 2.75) is 44.6 Å². The molecule has 0 radical (unpaired) electrons. The molecule has 1 amide bonds. The van der Waals surface area contributed by atoms with Gasteiger partial charge in [-0.05, 0) is 32.0 Å². The van der Waals surface area contributed by atoms with E-state index in [-0.39, 0.29) is 17.6 Å². The normalized spacial score (nSPS) is 19.5. The maximum absolute atomic E-state index is 12.6. The number of alkyl halides is 3. The molecule has 4 rings (SSSR count). The number of halogens is 3. The van der Waals surface area contributed by atoms with Crippen LogP contribution in [0.25, 0.3) is 0 Å². The third-order valence-corrected chi connectivity index (χ3v) is 5.14. The molecule has 8 nitrogen and oxygen atoms in total. The number of carbonyl (C=O) groups is 2. The Bertz CT molecular complexity index is 954. The number of carboxylic acid groups (broad SMARTS) is 1. The summed E-state index contributed by atoms with van der Waals surface area (Å²) < 4.78 is 49.2. The number of aromatic nitrogens is 1. The van der Waals surface area contributed by atoms with Gasteiger partial charge >= 0.3 is 12.1 Å². The number of aliphatic carboxylic acids is 1. The third-order valence-electron chi connectivity index (χ3n) is 5.14. The minimum absolute atomic E-state index is 0.0128. The van der Waals surface area contributed by atoms with E-state index < -0.39 is 12.1 Å². The molecule has 0 saturated carbocycles. The second-order valence-electron chi connectivity index (χ2n) is 7.74. The summed E-state index contributed by atoms with van der Waals surface area (Å²) >= 11 is 0. The zero-order chi connectivity index (χ0) is 23.5. The van der Waals surface area contributed by atoms with Gasteiger partial charge in [0.2, 0.25) is 0 Å². The van der Waals surface area contributed by atoms with Crippen molar-refractivity contribution in [3.63, 3.8) is 0 Å². The molecule has 2 aromatic heterocycles. The molecule has 0 bridgehead atoms. The Balaban J connectivity index is 0.000000360. The Morgan fingerprint density at radius 1 is 1.31 bits per heavy atom. The molecule has 2 fully saturated rings. The van der Waals surface area contributed by atoms with Gasteiger partial charge in [-0.3, -0.25) is 9.78 Å². The lowest BCUT2D eigenvalue weighted by Gasteiger charge is -2.52. The van der Waals surface area contributed by atoms with Crippen molar-refractivity contribution < 1.29 is 41.8 Å². The number of hydrogen-bond acceptors (Lipinski definition) is 6. The molecule has 1 N–H and O–H groups in total. The fraction of sp³-hybridized carbons (Fsp3) is 0.476. The van der Waals surface area contributed by atoms with E-state index >= 15 is 0 Å². The first kappa shape index (κ1) is 23.6. The average Bonchev–Trinajstić information content (AvgIpc) is 3.04. The van der Waals surface area contributed by atoms with Gasteiger partial charge in [-0.15, -0.1) is 0 Å². The highest BCUT2D eigenvalue weighted by atomic mass is 19.4. The van der Waals surface area contributed by atoms with Gasteiger partial charge in [0, 0.05) is 19.0 Å². The predicted molar refractivity (Wildman–Crippen MR) is 104 cm³/mol. The summed E-state index contributed by atoms with van der Waals surface area (Å²) in [5, 5.41) is 7.12. The van der Waals surface area contributed by atoms with Crippen molar-refractivity contribution in [3.05, 3.63) is 47.7 Å². The molecule has 32 heavy (non-hydrogen) atoms. The monoisotopic (exact) mass is 456 g/mol. The predicted octanol–water partition coefficient (Wildman–Crippen LogP) is 3.38. The summed E-state index contributed by atoms with van der Waals surface area (Å²) in [6, 6.07) is 5.58. The number of pyridine rings is 1. The third kappa shape index (κ3) is 5.58. The van der Waals surface area contributed by atoms with E-state index in [1.165, 1.54) is 0 Å². The SMILES string of the molecule is Cc1cc(C(=O)N2CC3(CC(Oc4cccnc4)CCO3)C2)c(C)o1.O=C(O)C(F)(F)F. The van der Waals surface area contributed by atoms with Crippen LogP contribution < -0.4 is 4.74 Å². The highest BCUT2D eigenvalue weighted by molar-refractivity contribution is 5.96. The zero-order valence-corrected chi connectivity index (χ0v) is 17.5. The molecule has 2 aliphatic heterocycles. The van der Waals surface area contributed by atoms with Gasteiger partial charge in [-0.1, -0.05) is 0 Å². The molecule has 2 aromatic rings. The Kier molecular flexibility index (Phi) is 6.77. The minimum atomic E-state index is -5.08. The first-order chi connectivity index (χ1) is 15.0. The molecule has 2 saturated heterocycles. The zero-order valence-electron chi connectivity index (χ0n) is 17.5. The number of nitrogens with zero attached hydrogens (tertiary/aromatic N) is 2. The number of carboxylic acids is 1. The van der Waals surface area contributed by atoms with Crippen LogP contribution in [0, 0.1) is 13.8 Å². The first-order valence-electron chi connectivity index (χ1n) is 9.86. The summed E-state index contributed by atoms with van der Waals surface area (Å²) in [7, 11) is 0. The van der Waals surface area contributed by atoms with Crippen molar-refractivity contribution in [2.75, 3.05) is 19.7 Å². The number of carbonyl (C=O) groups excluding carboxylic acids is 1. The minimum Gasteiger partial charge on any atom is -0.489 e. The van der Waals surface area contributed by atoms with Gasteiger partial charge in [0.05, 0.1) is 31.5 Å². The highest BCUT2D eigenvalue weighted by Gasteiger charge is 2.50. The number of aryl methyl sites for hydroxylation is 2. The number of hydrogen-bond donors (Lipinski definition) is 1. The van der Waals surface area contributed by atoms with Crippen LogP contribution in [0.2, 0.25) is 0 Å². The summed E-state index contributed by atoms with van der Waals surface area (Å²) in [6.45, 7) is 5.53. The average molecular weight is 456 g/mol. The van der Waals surface area contributed by atoms with Crippen LogP contribution in [-0.2, 0) is 9.53 Å². The molecular formula is C21H23F3N2O6. The van der Waals surface area contributed by atoms with E-state index in [4.69, 9.17) is 23.8 Å². The van der Waals surface area contributed by atoms with Crippen LogP contribution in [0.1, 0.15) is 34.7 Å². The number of rotatable bonds is 3. The van der Waals surface area contributed by atoms with Crippen LogP contribution in [-0.4, -0.2) is 64.4 Å². The fourth-order valence-corrected chi connectivity index (χ4v) is 3.72. The lowest BCUT2D eigenvalue weighted by molar-refractivity contribution is -0.192. The number of furan rings is 1. The van der Waals surface area contributed by atoms with Gasteiger partial charge in [0.1, 0.15) is 29.0 Å². The molecule has 174 valence electrons. The second kappa shape index (κ2) is 9.19. The van der Waals surface area contributed by atoms with E-state index in [0.717, 1.165) is 24.4 Å². The van der Waals surface area contributed by atoms with E-state index in [1.54, 1.807) is 18.5 Å². The molecular weight excluding hydrogens is 433 g/mol. The largest absolute Gasteiger partial charge is 0.490 e. The van der Waals surface area contributed by atoms with Crippen molar-refractivity contribution in [3.8, 4) is 5.75 Å². The quantitative estimate of drug-likeness (QED) is 0.756. The topological polar surface area (TPSA) is 102 Å². The summed E-state index contributed by atoms with van der Waals surface area (Å²) in [4.78, 5) is 27.4. The van der Waals surface area contributed by atoms with Gasteiger partial charge in [-0.2, -0.15) is 13.2 Å². The van der Waals surface area contributed by atoms with Crippen molar-refractivity contribution in [2.24, 2.45) is 0 Å². The Morgan fingerprint density at radius 2 is 2.00 bits per heavy atom. The van der Waals surface area contributed by atoms with Crippen LogP contribution in [0.5, 0.6) is 5.75 Å². The smallest absolute Gasteiger partial charge is 0.489 e. The molecule has 0 aromatic carbocycles. The van der Waals surface area contributed by atoms with Crippen molar-refractivity contribution in [1.29, 1.82) is 0 Å². The van der Waals surface area contributed by atoms with E-state index in [1.807, 2.05) is 30.9 Å². The van der Waals surface area contributed by atoms with Gasteiger partial charge in [0.15, 0.2) is 0 Å².